The Labute approximate surface area is 122 Å². The number of ether oxygens (including phenoxy) is 1. The van der Waals surface area contributed by atoms with Gasteiger partial charge in [-0.25, -0.2) is 0 Å². The lowest BCUT2D eigenvalue weighted by Crippen LogP contribution is -2.46. The zero-order valence-corrected chi connectivity index (χ0v) is 13.1. The van der Waals surface area contributed by atoms with Crippen LogP contribution in [0.4, 0.5) is 0 Å². The van der Waals surface area contributed by atoms with Crippen LogP contribution in [-0.2, 0) is 11.2 Å². The summed E-state index contributed by atoms with van der Waals surface area (Å²) in [4.78, 5) is 11.7. The minimum absolute atomic E-state index is 0.0639. The monoisotopic (exact) mass is 329 g/mol. The van der Waals surface area contributed by atoms with Gasteiger partial charge in [0, 0.05) is 6.42 Å². The first-order valence-electron chi connectivity index (χ1n) is 6.12. The predicted octanol–water partition coefficient (Wildman–Crippen LogP) is 2.28. The number of amides is 1. The second-order valence-electron chi connectivity index (χ2n) is 5.06. The molecule has 5 heteroatoms. The van der Waals surface area contributed by atoms with Crippen LogP contribution in [0, 0.1) is 0 Å². The van der Waals surface area contributed by atoms with Gasteiger partial charge in [0.25, 0.3) is 0 Å². The fourth-order valence-corrected chi connectivity index (χ4v) is 2.19. The molecule has 1 aromatic rings. The number of hydrogen-bond donors (Lipinski definition) is 2. The molecule has 0 radical (unpaired) electrons. The third-order valence-electron chi connectivity index (χ3n) is 2.73. The molecule has 0 heterocycles. The van der Waals surface area contributed by atoms with Crippen molar-refractivity contribution in [1.82, 2.24) is 5.32 Å². The predicted molar refractivity (Wildman–Crippen MR) is 78.3 cm³/mol. The molecule has 0 spiro atoms. The van der Waals surface area contributed by atoms with Crippen LogP contribution in [0.1, 0.15) is 25.8 Å². The third kappa shape index (κ3) is 5.20. The minimum Gasteiger partial charge on any atom is -0.496 e. The number of carbonyl (C=O) groups excluding carboxylic acids is 1. The van der Waals surface area contributed by atoms with Gasteiger partial charge in [-0.3, -0.25) is 4.79 Å². The molecule has 0 aliphatic heterocycles. The van der Waals surface area contributed by atoms with Crippen molar-refractivity contribution in [3.63, 3.8) is 0 Å². The van der Waals surface area contributed by atoms with Gasteiger partial charge < -0.3 is 15.2 Å². The normalized spacial score (nSPS) is 11.2. The van der Waals surface area contributed by atoms with E-state index in [1.165, 1.54) is 0 Å². The summed E-state index contributed by atoms with van der Waals surface area (Å²) in [6.45, 7) is 3.50. The van der Waals surface area contributed by atoms with Crippen LogP contribution in [0.15, 0.2) is 22.7 Å². The maximum Gasteiger partial charge on any atom is 0.220 e. The number of nitrogens with one attached hydrogen (secondary N) is 1. The number of benzene rings is 1. The average Bonchev–Trinajstić information content (AvgIpc) is 2.36. The molecule has 106 valence electrons. The number of aliphatic hydroxyl groups excluding tert-OH is 1. The van der Waals surface area contributed by atoms with E-state index in [1.807, 2.05) is 18.2 Å². The second-order valence-corrected chi connectivity index (χ2v) is 5.91. The summed E-state index contributed by atoms with van der Waals surface area (Å²) in [5.41, 5.74) is 0.488. The van der Waals surface area contributed by atoms with Crippen molar-refractivity contribution >= 4 is 21.8 Å². The van der Waals surface area contributed by atoms with Crippen molar-refractivity contribution < 1.29 is 14.6 Å². The summed E-state index contributed by atoms with van der Waals surface area (Å²) in [5.74, 6) is 0.709. The Morgan fingerprint density at radius 3 is 2.68 bits per heavy atom. The summed E-state index contributed by atoms with van der Waals surface area (Å²) in [6.07, 6.45) is 1.04. The molecular formula is C14H20BrNO3. The fourth-order valence-electron chi connectivity index (χ4n) is 1.60. The van der Waals surface area contributed by atoms with Gasteiger partial charge in [-0.1, -0.05) is 6.07 Å². The van der Waals surface area contributed by atoms with E-state index in [-0.39, 0.29) is 12.5 Å². The van der Waals surface area contributed by atoms with Crippen molar-refractivity contribution in [3.05, 3.63) is 28.2 Å². The molecule has 0 aromatic heterocycles. The van der Waals surface area contributed by atoms with E-state index in [4.69, 9.17) is 9.84 Å². The summed E-state index contributed by atoms with van der Waals surface area (Å²) < 4.78 is 6.03. The molecule has 19 heavy (non-hydrogen) atoms. The second kappa shape index (κ2) is 6.91. The standard InChI is InChI=1S/C14H20BrNO3/c1-14(2,9-17)16-13(18)7-5-10-4-6-12(19-3)11(15)8-10/h4,6,8,17H,5,7,9H2,1-3H3,(H,16,18). The first-order valence-corrected chi connectivity index (χ1v) is 6.91. The van der Waals surface area contributed by atoms with Crippen molar-refractivity contribution in [2.45, 2.75) is 32.2 Å². The number of halogens is 1. The van der Waals surface area contributed by atoms with Crippen LogP contribution < -0.4 is 10.1 Å². The van der Waals surface area contributed by atoms with Crippen molar-refractivity contribution in [3.8, 4) is 5.75 Å². The first-order chi connectivity index (χ1) is 8.88. The molecule has 2 N–H and O–H groups in total. The summed E-state index contributed by atoms with van der Waals surface area (Å²) in [6, 6.07) is 5.76. The van der Waals surface area contributed by atoms with Gasteiger partial charge in [0.15, 0.2) is 0 Å². The van der Waals surface area contributed by atoms with Gasteiger partial charge >= 0.3 is 0 Å². The maximum absolute atomic E-state index is 11.7. The van der Waals surface area contributed by atoms with Gasteiger partial charge in [-0.2, -0.15) is 0 Å². The van der Waals surface area contributed by atoms with E-state index in [2.05, 4.69) is 21.2 Å². The Kier molecular flexibility index (Phi) is 5.82. The maximum atomic E-state index is 11.7. The third-order valence-corrected chi connectivity index (χ3v) is 3.35. The van der Waals surface area contributed by atoms with E-state index in [0.29, 0.717) is 12.8 Å². The summed E-state index contributed by atoms with van der Waals surface area (Å²) >= 11 is 3.42. The zero-order chi connectivity index (χ0) is 14.5. The van der Waals surface area contributed by atoms with Crippen molar-refractivity contribution in [2.24, 2.45) is 0 Å². The molecule has 1 amide bonds. The van der Waals surface area contributed by atoms with Crippen molar-refractivity contribution in [2.75, 3.05) is 13.7 Å². The SMILES string of the molecule is COc1ccc(CCC(=O)NC(C)(C)CO)cc1Br. The number of aryl methyl sites for hydroxylation is 1. The van der Waals surface area contributed by atoms with Crippen LogP contribution in [0.25, 0.3) is 0 Å². The molecule has 0 saturated carbocycles. The lowest BCUT2D eigenvalue weighted by atomic mass is 10.1. The van der Waals surface area contributed by atoms with Crippen molar-refractivity contribution in [1.29, 1.82) is 0 Å². The molecule has 0 atom stereocenters. The molecule has 1 rings (SSSR count). The molecule has 0 bridgehead atoms. The Balaban J connectivity index is 2.53. The van der Waals surface area contributed by atoms with E-state index in [1.54, 1.807) is 21.0 Å². The fraction of sp³-hybridized carbons (Fsp3) is 0.500. The van der Waals surface area contributed by atoms with Crippen LogP contribution in [0.2, 0.25) is 0 Å². The molecule has 0 aliphatic rings. The highest BCUT2D eigenvalue weighted by molar-refractivity contribution is 9.10. The highest BCUT2D eigenvalue weighted by atomic mass is 79.9. The smallest absolute Gasteiger partial charge is 0.220 e. The Bertz CT molecular complexity index is 446. The highest BCUT2D eigenvalue weighted by Crippen LogP contribution is 2.25. The Morgan fingerprint density at radius 2 is 2.16 bits per heavy atom. The zero-order valence-electron chi connectivity index (χ0n) is 11.5. The molecule has 0 fully saturated rings. The molecular weight excluding hydrogens is 310 g/mol. The highest BCUT2D eigenvalue weighted by Gasteiger charge is 2.18. The number of methoxy groups -OCH3 is 1. The molecule has 0 unspecified atom stereocenters. The molecule has 0 aliphatic carbocycles. The van der Waals surface area contributed by atoms with E-state index < -0.39 is 5.54 Å². The Hall–Kier alpha value is -1.07. The Morgan fingerprint density at radius 1 is 1.47 bits per heavy atom. The number of rotatable bonds is 6. The van der Waals surface area contributed by atoms with Crippen LogP contribution in [0.5, 0.6) is 5.75 Å². The first kappa shape index (κ1) is 16.0. The van der Waals surface area contributed by atoms with Gasteiger partial charge in [0.05, 0.1) is 23.7 Å². The molecule has 4 nitrogen and oxygen atoms in total. The van der Waals surface area contributed by atoms with E-state index in [0.717, 1.165) is 15.8 Å². The lowest BCUT2D eigenvalue weighted by molar-refractivity contribution is -0.123. The van der Waals surface area contributed by atoms with Gasteiger partial charge in [-0.05, 0) is 53.9 Å². The minimum atomic E-state index is -0.572. The van der Waals surface area contributed by atoms with Gasteiger partial charge in [-0.15, -0.1) is 0 Å². The van der Waals surface area contributed by atoms with E-state index >= 15 is 0 Å². The summed E-state index contributed by atoms with van der Waals surface area (Å²) in [7, 11) is 1.62. The number of hydrogen-bond acceptors (Lipinski definition) is 3. The molecule has 1 aromatic carbocycles. The van der Waals surface area contributed by atoms with Gasteiger partial charge in [0.1, 0.15) is 5.75 Å². The lowest BCUT2D eigenvalue weighted by Gasteiger charge is -2.23. The van der Waals surface area contributed by atoms with Crippen LogP contribution in [0.3, 0.4) is 0 Å². The quantitative estimate of drug-likeness (QED) is 0.841. The molecule has 0 saturated heterocycles. The van der Waals surface area contributed by atoms with Crippen LogP contribution >= 0.6 is 15.9 Å². The average molecular weight is 330 g/mol. The van der Waals surface area contributed by atoms with Crippen LogP contribution in [-0.4, -0.2) is 30.3 Å². The topological polar surface area (TPSA) is 58.6 Å². The summed E-state index contributed by atoms with van der Waals surface area (Å²) in [5, 5.41) is 11.9. The number of aliphatic hydroxyl groups is 1. The van der Waals surface area contributed by atoms with E-state index in [9.17, 15) is 4.79 Å². The number of carbonyl (C=O) groups is 1. The van der Waals surface area contributed by atoms with Gasteiger partial charge in [0.2, 0.25) is 5.91 Å². The largest absolute Gasteiger partial charge is 0.496 e.